The molecule has 0 bridgehead atoms. The minimum absolute atomic E-state index is 0.0162. The van der Waals surface area contributed by atoms with Crippen molar-refractivity contribution in [3.8, 4) is 5.69 Å². The van der Waals surface area contributed by atoms with Crippen molar-refractivity contribution in [2.45, 2.75) is 25.8 Å². The molecule has 1 saturated heterocycles. The highest BCUT2D eigenvalue weighted by molar-refractivity contribution is 5.95. The van der Waals surface area contributed by atoms with Crippen LogP contribution < -0.4 is 5.73 Å². The molecule has 5 nitrogen and oxygen atoms in total. The number of amides is 1. The second-order valence-electron chi connectivity index (χ2n) is 6.91. The molecule has 4 rings (SSSR count). The van der Waals surface area contributed by atoms with E-state index in [9.17, 15) is 9.18 Å². The Labute approximate surface area is 140 Å². The maximum Gasteiger partial charge on any atom is 0.257 e. The summed E-state index contributed by atoms with van der Waals surface area (Å²) in [5, 5.41) is 4.32. The molecular weight excluding hydrogens is 307 g/mol. The molecular formula is C18H21FN4O. The van der Waals surface area contributed by atoms with Crippen LogP contribution in [-0.4, -0.2) is 39.7 Å². The van der Waals surface area contributed by atoms with Gasteiger partial charge in [0, 0.05) is 19.1 Å². The standard InChI is InChI=1S/C18H21FN4O/c1-11-15(8-21-23(11)14-5-3-13(19)4-6-14)18(24)22-9-12-2-7-17(20)16(12)10-22/h3-6,8,12,16-17H,2,7,9-10,20H2,1H3. The minimum atomic E-state index is -0.292. The predicted molar refractivity (Wildman–Crippen MR) is 88.4 cm³/mol. The zero-order chi connectivity index (χ0) is 16.8. The Balaban J connectivity index is 1.57. The summed E-state index contributed by atoms with van der Waals surface area (Å²) in [4.78, 5) is 14.8. The van der Waals surface area contributed by atoms with Gasteiger partial charge in [-0.2, -0.15) is 5.10 Å². The van der Waals surface area contributed by atoms with Crippen LogP contribution in [0.1, 0.15) is 28.9 Å². The lowest BCUT2D eigenvalue weighted by Gasteiger charge is -2.18. The molecule has 3 atom stereocenters. The van der Waals surface area contributed by atoms with Crippen molar-refractivity contribution >= 4 is 5.91 Å². The number of nitrogens with zero attached hydrogens (tertiary/aromatic N) is 3. The first kappa shape index (κ1) is 15.3. The molecule has 0 radical (unpaired) electrons. The van der Waals surface area contributed by atoms with E-state index in [0.717, 1.165) is 37.3 Å². The summed E-state index contributed by atoms with van der Waals surface area (Å²) in [6, 6.07) is 6.31. The number of halogens is 1. The average Bonchev–Trinajstić information content (AvgIpc) is 3.24. The van der Waals surface area contributed by atoms with Gasteiger partial charge in [0.15, 0.2) is 0 Å². The second kappa shape index (κ2) is 5.70. The molecule has 1 aromatic heterocycles. The Hall–Kier alpha value is -2.21. The maximum absolute atomic E-state index is 13.1. The van der Waals surface area contributed by atoms with Gasteiger partial charge in [-0.25, -0.2) is 9.07 Å². The number of hydrogen-bond donors (Lipinski definition) is 1. The van der Waals surface area contributed by atoms with Crippen LogP contribution in [0.25, 0.3) is 5.69 Å². The van der Waals surface area contributed by atoms with Crippen molar-refractivity contribution in [2.24, 2.45) is 17.6 Å². The van der Waals surface area contributed by atoms with Crippen molar-refractivity contribution < 1.29 is 9.18 Å². The molecule has 2 aliphatic rings. The molecule has 2 N–H and O–H groups in total. The average molecular weight is 328 g/mol. The van der Waals surface area contributed by atoms with Crippen LogP contribution >= 0.6 is 0 Å². The number of nitrogens with two attached hydrogens (primary N) is 1. The van der Waals surface area contributed by atoms with Crippen LogP contribution in [0.3, 0.4) is 0 Å². The van der Waals surface area contributed by atoms with Gasteiger partial charge < -0.3 is 10.6 Å². The summed E-state index contributed by atoms with van der Waals surface area (Å²) in [6.07, 6.45) is 3.79. The lowest BCUT2D eigenvalue weighted by molar-refractivity contribution is 0.0779. The van der Waals surface area contributed by atoms with E-state index >= 15 is 0 Å². The Morgan fingerprint density at radius 1 is 1.25 bits per heavy atom. The maximum atomic E-state index is 13.1. The van der Waals surface area contributed by atoms with Gasteiger partial charge in [-0.15, -0.1) is 0 Å². The highest BCUT2D eigenvalue weighted by atomic mass is 19.1. The second-order valence-corrected chi connectivity index (χ2v) is 6.91. The summed E-state index contributed by atoms with van der Waals surface area (Å²) in [7, 11) is 0. The summed E-state index contributed by atoms with van der Waals surface area (Å²) in [5.74, 6) is 0.695. The lowest BCUT2D eigenvalue weighted by Crippen LogP contribution is -2.33. The molecule has 24 heavy (non-hydrogen) atoms. The van der Waals surface area contributed by atoms with Gasteiger partial charge in [0.05, 0.1) is 23.1 Å². The van der Waals surface area contributed by atoms with Gasteiger partial charge >= 0.3 is 0 Å². The van der Waals surface area contributed by atoms with E-state index in [4.69, 9.17) is 5.73 Å². The number of carbonyl (C=O) groups excluding carboxylic acids is 1. The zero-order valence-electron chi connectivity index (χ0n) is 13.7. The molecule has 2 fully saturated rings. The van der Waals surface area contributed by atoms with Crippen molar-refractivity contribution in [2.75, 3.05) is 13.1 Å². The summed E-state index contributed by atoms with van der Waals surface area (Å²) in [6.45, 7) is 3.40. The van der Waals surface area contributed by atoms with E-state index in [0.29, 0.717) is 17.4 Å². The number of likely N-dealkylation sites (tertiary alicyclic amines) is 1. The van der Waals surface area contributed by atoms with E-state index < -0.39 is 0 Å². The first-order chi connectivity index (χ1) is 11.5. The van der Waals surface area contributed by atoms with Gasteiger partial charge in [-0.3, -0.25) is 4.79 Å². The Bertz CT molecular complexity index is 770. The van der Waals surface area contributed by atoms with Gasteiger partial charge in [-0.05, 0) is 55.9 Å². The zero-order valence-corrected chi connectivity index (χ0v) is 13.7. The number of aromatic nitrogens is 2. The topological polar surface area (TPSA) is 64.2 Å². The van der Waals surface area contributed by atoms with E-state index in [2.05, 4.69) is 5.10 Å². The smallest absolute Gasteiger partial charge is 0.257 e. The summed E-state index contributed by atoms with van der Waals surface area (Å²) in [5.41, 5.74) is 8.28. The van der Waals surface area contributed by atoms with Gasteiger partial charge in [0.1, 0.15) is 5.82 Å². The minimum Gasteiger partial charge on any atom is -0.338 e. The molecule has 126 valence electrons. The quantitative estimate of drug-likeness (QED) is 0.918. The third kappa shape index (κ3) is 2.41. The number of hydrogen-bond acceptors (Lipinski definition) is 3. The van der Waals surface area contributed by atoms with Gasteiger partial charge in [0.2, 0.25) is 0 Å². The summed E-state index contributed by atoms with van der Waals surface area (Å²) >= 11 is 0. The summed E-state index contributed by atoms with van der Waals surface area (Å²) < 4.78 is 14.8. The van der Waals surface area contributed by atoms with Crippen LogP contribution in [0.5, 0.6) is 0 Å². The van der Waals surface area contributed by atoms with E-state index in [-0.39, 0.29) is 17.8 Å². The van der Waals surface area contributed by atoms with E-state index in [1.165, 1.54) is 12.1 Å². The third-order valence-corrected chi connectivity index (χ3v) is 5.51. The third-order valence-electron chi connectivity index (χ3n) is 5.51. The monoisotopic (exact) mass is 328 g/mol. The fraction of sp³-hybridized carbons (Fsp3) is 0.444. The molecule has 1 amide bonds. The largest absolute Gasteiger partial charge is 0.338 e. The molecule has 1 aliphatic carbocycles. The highest BCUT2D eigenvalue weighted by Gasteiger charge is 2.43. The molecule has 1 aromatic carbocycles. The number of fused-ring (bicyclic) bond motifs is 1. The predicted octanol–water partition coefficient (Wildman–Crippen LogP) is 2.13. The first-order valence-electron chi connectivity index (χ1n) is 8.40. The van der Waals surface area contributed by atoms with Crippen LogP contribution in [0.2, 0.25) is 0 Å². The molecule has 0 spiro atoms. The van der Waals surface area contributed by atoms with Crippen molar-refractivity contribution in [1.29, 1.82) is 0 Å². The molecule has 6 heteroatoms. The Morgan fingerprint density at radius 3 is 2.71 bits per heavy atom. The molecule has 3 unspecified atom stereocenters. The molecule has 2 aromatic rings. The number of benzene rings is 1. The van der Waals surface area contributed by atoms with Crippen LogP contribution in [-0.2, 0) is 0 Å². The normalized spacial score (nSPS) is 26.0. The number of rotatable bonds is 2. The highest BCUT2D eigenvalue weighted by Crippen LogP contribution is 2.37. The first-order valence-corrected chi connectivity index (χ1v) is 8.40. The van der Waals surface area contributed by atoms with Crippen molar-refractivity contribution in [3.05, 3.63) is 47.5 Å². The van der Waals surface area contributed by atoms with Crippen LogP contribution in [0, 0.1) is 24.6 Å². The van der Waals surface area contributed by atoms with Gasteiger partial charge in [-0.1, -0.05) is 0 Å². The fourth-order valence-corrected chi connectivity index (χ4v) is 4.11. The van der Waals surface area contributed by atoms with Crippen LogP contribution in [0.4, 0.5) is 4.39 Å². The molecule has 2 heterocycles. The molecule has 1 saturated carbocycles. The Morgan fingerprint density at radius 2 is 2.00 bits per heavy atom. The fourth-order valence-electron chi connectivity index (χ4n) is 4.11. The lowest BCUT2D eigenvalue weighted by atomic mass is 9.98. The SMILES string of the molecule is Cc1c(C(=O)N2CC3CCC(N)C3C2)cnn1-c1ccc(F)cc1. The van der Waals surface area contributed by atoms with Crippen LogP contribution in [0.15, 0.2) is 30.5 Å². The van der Waals surface area contributed by atoms with Crippen molar-refractivity contribution in [1.82, 2.24) is 14.7 Å². The van der Waals surface area contributed by atoms with E-state index in [1.54, 1.807) is 23.0 Å². The van der Waals surface area contributed by atoms with Gasteiger partial charge in [0.25, 0.3) is 5.91 Å². The van der Waals surface area contributed by atoms with Crippen molar-refractivity contribution in [3.63, 3.8) is 0 Å². The molecule has 1 aliphatic heterocycles. The Kier molecular flexibility index (Phi) is 3.64. The van der Waals surface area contributed by atoms with E-state index in [1.807, 2.05) is 11.8 Å². The number of carbonyl (C=O) groups is 1.